The highest BCUT2D eigenvalue weighted by molar-refractivity contribution is 6.31. The molecule has 8 nitrogen and oxygen atoms in total. The first-order chi connectivity index (χ1) is 15.4. The summed E-state index contributed by atoms with van der Waals surface area (Å²) in [4.78, 5) is 0. The number of aliphatic hydroxyl groups is 4. The third-order valence-electron chi connectivity index (χ3n) is 6.41. The molecule has 2 aromatic rings. The third-order valence-corrected chi connectivity index (χ3v) is 6.77. The molecule has 3 heterocycles. The molecular weight excluding hydrogens is 440 g/mol. The van der Waals surface area contributed by atoms with Crippen LogP contribution in [0.3, 0.4) is 0 Å². The molecule has 5 atom stereocenters. The van der Waals surface area contributed by atoms with Crippen LogP contribution < -0.4 is 4.74 Å². The Balaban J connectivity index is 1.40. The zero-order valence-corrected chi connectivity index (χ0v) is 17.9. The molecule has 0 aromatic heterocycles. The van der Waals surface area contributed by atoms with Crippen LogP contribution in [0.25, 0.3) is 0 Å². The van der Waals surface area contributed by atoms with Crippen molar-refractivity contribution in [2.75, 3.05) is 26.4 Å². The first-order valence-electron chi connectivity index (χ1n) is 10.5. The smallest absolute Gasteiger partial charge is 0.225 e. The lowest BCUT2D eigenvalue weighted by atomic mass is 9.83. The Labute approximate surface area is 189 Å². The molecule has 172 valence electrons. The van der Waals surface area contributed by atoms with Crippen molar-refractivity contribution in [3.63, 3.8) is 0 Å². The summed E-state index contributed by atoms with van der Waals surface area (Å²) in [6.07, 6.45) is -3.99. The van der Waals surface area contributed by atoms with Crippen molar-refractivity contribution in [1.82, 2.24) is 0 Å². The molecule has 32 heavy (non-hydrogen) atoms. The molecule has 3 aliphatic heterocycles. The fourth-order valence-electron chi connectivity index (χ4n) is 4.38. The Hall–Kier alpha value is -1.75. The molecule has 5 rings (SSSR count). The average Bonchev–Trinajstić information content (AvgIpc) is 3.16. The summed E-state index contributed by atoms with van der Waals surface area (Å²) in [6.45, 7) is 0.460. The lowest BCUT2D eigenvalue weighted by Gasteiger charge is -2.46. The third kappa shape index (κ3) is 3.52. The van der Waals surface area contributed by atoms with Crippen molar-refractivity contribution >= 4 is 11.6 Å². The van der Waals surface area contributed by atoms with Crippen LogP contribution in [0, 0.1) is 0 Å². The highest BCUT2D eigenvalue weighted by Gasteiger charge is 2.67. The molecule has 3 aliphatic rings. The van der Waals surface area contributed by atoms with E-state index in [1.165, 1.54) is 0 Å². The molecule has 3 fully saturated rings. The van der Waals surface area contributed by atoms with E-state index in [0.717, 1.165) is 16.9 Å². The number of hydrogen-bond donors (Lipinski definition) is 4. The van der Waals surface area contributed by atoms with Crippen LogP contribution in [0.4, 0.5) is 0 Å². The van der Waals surface area contributed by atoms with E-state index in [4.69, 9.17) is 30.5 Å². The lowest BCUT2D eigenvalue weighted by Crippen LogP contribution is -2.65. The average molecular weight is 465 g/mol. The normalized spacial score (nSPS) is 34.3. The van der Waals surface area contributed by atoms with E-state index < -0.39 is 36.3 Å². The first kappa shape index (κ1) is 22.1. The molecular formula is C23H25ClO8. The van der Waals surface area contributed by atoms with Crippen LogP contribution in [0.1, 0.15) is 16.7 Å². The van der Waals surface area contributed by atoms with E-state index in [1.54, 1.807) is 18.2 Å². The maximum atomic E-state index is 10.7. The number of rotatable bonds is 6. The van der Waals surface area contributed by atoms with Gasteiger partial charge in [0.25, 0.3) is 0 Å². The van der Waals surface area contributed by atoms with Gasteiger partial charge in [0.15, 0.2) is 0 Å². The fourth-order valence-corrected chi connectivity index (χ4v) is 4.57. The van der Waals surface area contributed by atoms with Crippen molar-refractivity contribution in [1.29, 1.82) is 0 Å². The van der Waals surface area contributed by atoms with Crippen molar-refractivity contribution in [3.05, 3.63) is 64.2 Å². The van der Waals surface area contributed by atoms with Crippen molar-refractivity contribution in [2.45, 2.75) is 42.2 Å². The maximum Gasteiger partial charge on any atom is 0.225 e. The lowest BCUT2D eigenvalue weighted by molar-refractivity contribution is -0.329. The minimum atomic E-state index is -1.72. The van der Waals surface area contributed by atoms with Crippen LogP contribution in [-0.2, 0) is 26.4 Å². The molecule has 5 unspecified atom stereocenters. The van der Waals surface area contributed by atoms with Crippen LogP contribution in [0.15, 0.2) is 42.5 Å². The Morgan fingerprint density at radius 3 is 2.44 bits per heavy atom. The number of aliphatic hydroxyl groups excluding tert-OH is 4. The number of fused-ring (bicyclic) bond motifs is 2. The van der Waals surface area contributed by atoms with Crippen molar-refractivity contribution in [2.24, 2.45) is 0 Å². The van der Waals surface area contributed by atoms with Gasteiger partial charge in [-0.3, -0.25) is 0 Å². The van der Waals surface area contributed by atoms with Gasteiger partial charge in [0.05, 0.1) is 26.4 Å². The summed E-state index contributed by atoms with van der Waals surface area (Å²) in [5, 5.41) is 41.8. The van der Waals surface area contributed by atoms with E-state index in [-0.39, 0.29) is 12.7 Å². The summed E-state index contributed by atoms with van der Waals surface area (Å²) >= 11 is 6.44. The quantitative estimate of drug-likeness (QED) is 0.494. The molecule has 0 aliphatic carbocycles. The summed E-state index contributed by atoms with van der Waals surface area (Å²) in [5.41, 5.74) is 0.688. The van der Waals surface area contributed by atoms with E-state index in [0.29, 0.717) is 30.2 Å². The van der Waals surface area contributed by atoms with E-state index >= 15 is 0 Å². The van der Waals surface area contributed by atoms with Gasteiger partial charge in [-0.2, -0.15) is 0 Å². The molecule has 9 heteroatoms. The van der Waals surface area contributed by atoms with Gasteiger partial charge in [-0.05, 0) is 41.8 Å². The topological polar surface area (TPSA) is 118 Å². The SMILES string of the molecule is OCC12COC(c3ccc(Cl)c(Cc4ccc(OC5COC5)cc4)c3)(O1)C(O)C(O)C2O. The van der Waals surface area contributed by atoms with Gasteiger partial charge in [-0.1, -0.05) is 29.8 Å². The Bertz CT molecular complexity index is 980. The van der Waals surface area contributed by atoms with Gasteiger partial charge in [0.1, 0.15) is 35.8 Å². The summed E-state index contributed by atoms with van der Waals surface area (Å²) in [6, 6.07) is 12.8. The van der Waals surface area contributed by atoms with Gasteiger partial charge in [0, 0.05) is 10.6 Å². The minimum absolute atomic E-state index is 0.0967. The predicted octanol–water partition coefficient (Wildman–Crippen LogP) is 0.735. The van der Waals surface area contributed by atoms with Gasteiger partial charge >= 0.3 is 0 Å². The van der Waals surface area contributed by atoms with E-state index in [2.05, 4.69) is 0 Å². The monoisotopic (exact) mass is 464 g/mol. The number of benzene rings is 2. The second kappa shape index (κ2) is 8.23. The van der Waals surface area contributed by atoms with Crippen LogP contribution >= 0.6 is 11.6 Å². The van der Waals surface area contributed by atoms with Gasteiger partial charge < -0.3 is 39.4 Å². The molecule has 0 saturated carbocycles. The molecule has 0 amide bonds. The predicted molar refractivity (Wildman–Crippen MR) is 112 cm³/mol. The van der Waals surface area contributed by atoms with Crippen LogP contribution in [0.2, 0.25) is 5.02 Å². The standard InChI is InChI=1S/C23H25ClO8/c24-18-6-3-15(23-21(28)19(26)20(27)22(11-25,32-23)12-30-23)8-14(18)7-13-1-4-16(5-2-13)31-17-9-29-10-17/h1-6,8,17,19-21,25-28H,7,9-12H2. The van der Waals surface area contributed by atoms with Gasteiger partial charge in [-0.15, -0.1) is 0 Å². The van der Waals surface area contributed by atoms with E-state index in [1.807, 2.05) is 24.3 Å². The van der Waals surface area contributed by atoms with Gasteiger partial charge in [-0.25, -0.2) is 0 Å². The minimum Gasteiger partial charge on any atom is -0.486 e. The number of halogens is 1. The Kier molecular flexibility index (Phi) is 5.68. The molecule has 2 bridgehead atoms. The van der Waals surface area contributed by atoms with Gasteiger partial charge in [0.2, 0.25) is 5.79 Å². The second-order valence-corrected chi connectivity index (χ2v) is 8.97. The molecule has 0 radical (unpaired) electrons. The highest BCUT2D eigenvalue weighted by atomic mass is 35.5. The van der Waals surface area contributed by atoms with Crippen LogP contribution in [-0.4, -0.2) is 76.9 Å². The Morgan fingerprint density at radius 1 is 1.03 bits per heavy atom. The highest BCUT2D eigenvalue weighted by Crippen LogP contribution is 2.49. The Morgan fingerprint density at radius 2 is 1.78 bits per heavy atom. The summed E-state index contributed by atoms with van der Waals surface area (Å²) in [7, 11) is 0. The zero-order valence-electron chi connectivity index (χ0n) is 17.2. The molecule has 3 saturated heterocycles. The summed E-state index contributed by atoms with van der Waals surface area (Å²) < 4.78 is 22.6. The zero-order chi connectivity index (χ0) is 22.5. The fraction of sp³-hybridized carbons (Fsp3) is 0.478. The van der Waals surface area contributed by atoms with Crippen molar-refractivity contribution < 1.29 is 39.4 Å². The summed E-state index contributed by atoms with van der Waals surface area (Å²) in [5.74, 6) is -0.949. The van der Waals surface area contributed by atoms with Crippen molar-refractivity contribution in [3.8, 4) is 5.75 Å². The number of ether oxygens (including phenoxy) is 4. The first-order valence-corrected chi connectivity index (χ1v) is 10.9. The largest absolute Gasteiger partial charge is 0.486 e. The molecule has 2 aromatic carbocycles. The second-order valence-electron chi connectivity index (χ2n) is 8.57. The molecule has 4 N–H and O–H groups in total. The number of hydrogen-bond acceptors (Lipinski definition) is 8. The maximum absolute atomic E-state index is 10.7. The van der Waals surface area contributed by atoms with Crippen LogP contribution in [0.5, 0.6) is 5.75 Å². The molecule has 0 spiro atoms. The van der Waals surface area contributed by atoms with E-state index in [9.17, 15) is 20.4 Å².